The van der Waals surface area contributed by atoms with Crippen molar-refractivity contribution in [3.05, 3.63) is 60.2 Å². The van der Waals surface area contributed by atoms with Gasteiger partial charge in [-0.15, -0.1) is 0 Å². The first-order chi connectivity index (χ1) is 10.8. The highest BCUT2D eigenvalue weighted by molar-refractivity contribution is 7.22. The van der Waals surface area contributed by atoms with E-state index >= 15 is 0 Å². The summed E-state index contributed by atoms with van der Waals surface area (Å²) in [5, 5.41) is 3.34. The van der Waals surface area contributed by atoms with E-state index in [4.69, 9.17) is 4.74 Å². The molecule has 2 aromatic carbocycles. The third kappa shape index (κ3) is 3.15. The molecular weight excluding hydrogens is 296 g/mol. The van der Waals surface area contributed by atoms with Crippen molar-refractivity contribution in [3.8, 4) is 5.75 Å². The standard InChI is InChI=1S/C17H14N2O2S/c1-21-13-8-5-9-14-16(13)19-17(22-14)18-15(20)11-10-12-6-3-2-4-7-12/h2-11H,1H3,(H,18,19,20). The fourth-order valence-corrected chi connectivity index (χ4v) is 2.91. The molecule has 1 aromatic heterocycles. The van der Waals surface area contributed by atoms with Crippen LogP contribution < -0.4 is 10.1 Å². The van der Waals surface area contributed by atoms with Gasteiger partial charge in [0.15, 0.2) is 5.13 Å². The van der Waals surface area contributed by atoms with Gasteiger partial charge >= 0.3 is 0 Å². The van der Waals surface area contributed by atoms with Crippen LogP contribution in [-0.2, 0) is 4.79 Å². The number of nitrogens with one attached hydrogen (secondary N) is 1. The van der Waals surface area contributed by atoms with Gasteiger partial charge in [0.25, 0.3) is 0 Å². The first-order valence-electron chi connectivity index (χ1n) is 6.74. The molecule has 0 saturated carbocycles. The van der Waals surface area contributed by atoms with Crippen LogP contribution in [0, 0.1) is 0 Å². The Morgan fingerprint density at radius 2 is 2.00 bits per heavy atom. The van der Waals surface area contributed by atoms with Crippen LogP contribution in [0.3, 0.4) is 0 Å². The highest BCUT2D eigenvalue weighted by atomic mass is 32.1. The third-order valence-electron chi connectivity index (χ3n) is 3.06. The lowest BCUT2D eigenvalue weighted by Crippen LogP contribution is -2.07. The molecule has 4 nitrogen and oxygen atoms in total. The van der Waals surface area contributed by atoms with Crippen molar-refractivity contribution in [1.82, 2.24) is 4.98 Å². The lowest BCUT2D eigenvalue weighted by Gasteiger charge is -1.98. The van der Waals surface area contributed by atoms with E-state index in [9.17, 15) is 4.79 Å². The topological polar surface area (TPSA) is 51.2 Å². The predicted molar refractivity (Wildman–Crippen MR) is 90.3 cm³/mol. The Morgan fingerprint density at radius 3 is 2.77 bits per heavy atom. The number of hydrogen-bond donors (Lipinski definition) is 1. The number of aromatic nitrogens is 1. The lowest BCUT2D eigenvalue weighted by atomic mass is 10.2. The molecule has 1 heterocycles. The number of fused-ring (bicyclic) bond motifs is 1. The van der Waals surface area contributed by atoms with E-state index < -0.39 is 0 Å². The maximum atomic E-state index is 12.0. The summed E-state index contributed by atoms with van der Waals surface area (Å²) in [5.74, 6) is 0.496. The molecule has 3 aromatic rings. The normalized spacial score (nSPS) is 11.0. The quantitative estimate of drug-likeness (QED) is 0.742. The molecular formula is C17H14N2O2S. The Hall–Kier alpha value is -2.66. The average molecular weight is 310 g/mol. The fraction of sp³-hybridized carbons (Fsp3) is 0.0588. The highest BCUT2D eigenvalue weighted by Gasteiger charge is 2.09. The zero-order valence-corrected chi connectivity index (χ0v) is 12.8. The number of para-hydroxylation sites is 1. The van der Waals surface area contributed by atoms with Gasteiger partial charge in [0.1, 0.15) is 11.3 Å². The van der Waals surface area contributed by atoms with Crippen LogP contribution in [0.15, 0.2) is 54.6 Å². The van der Waals surface area contributed by atoms with E-state index in [0.717, 1.165) is 15.8 Å². The Bertz CT molecular complexity index is 825. The van der Waals surface area contributed by atoms with E-state index in [0.29, 0.717) is 10.9 Å². The summed E-state index contributed by atoms with van der Waals surface area (Å²) >= 11 is 1.42. The third-order valence-corrected chi connectivity index (χ3v) is 3.99. The smallest absolute Gasteiger partial charge is 0.250 e. The van der Waals surface area contributed by atoms with Crippen molar-refractivity contribution in [2.75, 3.05) is 12.4 Å². The lowest BCUT2D eigenvalue weighted by molar-refractivity contribution is -0.111. The molecule has 0 bridgehead atoms. The van der Waals surface area contributed by atoms with E-state index in [2.05, 4.69) is 10.3 Å². The van der Waals surface area contributed by atoms with E-state index in [1.54, 1.807) is 13.2 Å². The van der Waals surface area contributed by atoms with Crippen LogP contribution in [-0.4, -0.2) is 18.0 Å². The molecule has 0 radical (unpaired) electrons. The van der Waals surface area contributed by atoms with Crippen molar-refractivity contribution in [2.45, 2.75) is 0 Å². The largest absolute Gasteiger partial charge is 0.494 e. The van der Waals surface area contributed by atoms with Crippen LogP contribution in [0.5, 0.6) is 5.75 Å². The Labute approximate surface area is 132 Å². The average Bonchev–Trinajstić information content (AvgIpc) is 2.96. The summed E-state index contributed by atoms with van der Waals surface area (Å²) in [5.41, 5.74) is 1.74. The van der Waals surface area contributed by atoms with Crippen molar-refractivity contribution in [2.24, 2.45) is 0 Å². The van der Waals surface area contributed by atoms with E-state index in [1.165, 1.54) is 17.4 Å². The van der Waals surface area contributed by atoms with Crippen molar-refractivity contribution >= 4 is 38.7 Å². The number of amides is 1. The monoisotopic (exact) mass is 310 g/mol. The summed E-state index contributed by atoms with van der Waals surface area (Å²) < 4.78 is 6.24. The zero-order chi connectivity index (χ0) is 15.4. The summed E-state index contributed by atoms with van der Waals surface area (Å²) in [7, 11) is 1.61. The van der Waals surface area contributed by atoms with Gasteiger partial charge in [-0.2, -0.15) is 0 Å². The Kier molecular flexibility index (Phi) is 4.16. The van der Waals surface area contributed by atoms with Gasteiger partial charge in [-0.05, 0) is 23.8 Å². The van der Waals surface area contributed by atoms with Gasteiger partial charge in [-0.3, -0.25) is 10.1 Å². The minimum Gasteiger partial charge on any atom is -0.494 e. The minimum atomic E-state index is -0.207. The minimum absolute atomic E-state index is 0.207. The number of methoxy groups -OCH3 is 1. The molecule has 0 unspecified atom stereocenters. The van der Waals surface area contributed by atoms with Crippen molar-refractivity contribution in [1.29, 1.82) is 0 Å². The van der Waals surface area contributed by atoms with Gasteiger partial charge < -0.3 is 4.74 Å². The predicted octanol–water partition coefficient (Wildman–Crippen LogP) is 3.96. The first kappa shape index (κ1) is 14.3. The molecule has 0 aliphatic rings. The Morgan fingerprint density at radius 1 is 1.18 bits per heavy atom. The second-order valence-electron chi connectivity index (χ2n) is 4.56. The van der Waals surface area contributed by atoms with Crippen LogP contribution in [0.2, 0.25) is 0 Å². The van der Waals surface area contributed by atoms with Crippen LogP contribution in [0.25, 0.3) is 16.3 Å². The molecule has 1 amide bonds. The summed E-state index contributed by atoms with van der Waals surface area (Å²) in [4.78, 5) is 16.4. The van der Waals surface area contributed by atoms with Crippen LogP contribution in [0.4, 0.5) is 5.13 Å². The molecule has 0 aliphatic carbocycles. The molecule has 22 heavy (non-hydrogen) atoms. The van der Waals surface area contributed by atoms with Gasteiger partial charge in [0.05, 0.1) is 11.8 Å². The molecule has 1 N–H and O–H groups in total. The second-order valence-corrected chi connectivity index (χ2v) is 5.59. The summed E-state index contributed by atoms with van der Waals surface area (Å²) in [6, 6.07) is 15.4. The van der Waals surface area contributed by atoms with Gasteiger partial charge in [0.2, 0.25) is 5.91 Å². The number of rotatable bonds is 4. The molecule has 5 heteroatoms. The van der Waals surface area contributed by atoms with Crippen molar-refractivity contribution < 1.29 is 9.53 Å². The Balaban J connectivity index is 1.75. The SMILES string of the molecule is COc1cccc2sc(NC(=O)C=Cc3ccccc3)nc12. The second kappa shape index (κ2) is 6.41. The first-order valence-corrected chi connectivity index (χ1v) is 7.55. The number of carbonyl (C=O) groups is 1. The molecule has 3 rings (SSSR count). The molecule has 0 aliphatic heterocycles. The van der Waals surface area contributed by atoms with Crippen molar-refractivity contribution in [3.63, 3.8) is 0 Å². The van der Waals surface area contributed by atoms with Gasteiger partial charge in [0, 0.05) is 6.08 Å². The maximum Gasteiger partial charge on any atom is 0.250 e. The van der Waals surface area contributed by atoms with E-state index in [1.807, 2.05) is 48.5 Å². The maximum absolute atomic E-state index is 12.0. The number of benzene rings is 2. The van der Waals surface area contributed by atoms with E-state index in [-0.39, 0.29) is 5.91 Å². The molecule has 0 spiro atoms. The van der Waals surface area contributed by atoms with Crippen LogP contribution in [0.1, 0.15) is 5.56 Å². The molecule has 0 saturated heterocycles. The van der Waals surface area contributed by atoms with Gasteiger partial charge in [-0.1, -0.05) is 47.7 Å². The molecule has 0 fully saturated rings. The number of anilines is 1. The highest BCUT2D eigenvalue weighted by Crippen LogP contribution is 2.31. The number of hydrogen-bond acceptors (Lipinski definition) is 4. The number of ether oxygens (including phenoxy) is 1. The number of thiazole rings is 1. The number of carbonyl (C=O) groups excluding carboxylic acids is 1. The fourth-order valence-electron chi connectivity index (χ4n) is 2.02. The molecule has 0 atom stereocenters. The summed E-state index contributed by atoms with van der Waals surface area (Å²) in [6.07, 6.45) is 3.27. The summed E-state index contributed by atoms with van der Waals surface area (Å²) in [6.45, 7) is 0. The molecule has 110 valence electrons. The zero-order valence-electron chi connectivity index (χ0n) is 11.9. The van der Waals surface area contributed by atoms with Crippen LogP contribution >= 0.6 is 11.3 Å². The number of nitrogens with zero attached hydrogens (tertiary/aromatic N) is 1. The van der Waals surface area contributed by atoms with Gasteiger partial charge in [-0.25, -0.2) is 4.98 Å².